The molecule has 3 heteroatoms. The van der Waals surface area contributed by atoms with Gasteiger partial charge in [-0.25, -0.2) is 4.98 Å². The first kappa shape index (κ1) is 16.1. The lowest BCUT2D eigenvalue weighted by Crippen LogP contribution is -2.09. The monoisotopic (exact) mass is 317 g/mol. The summed E-state index contributed by atoms with van der Waals surface area (Å²) >= 11 is 0. The first-order valence-corrected chi connectivity index (χ1v) is 8.31. The Kier molecular flexibility index (Phi) is 5.12. The van der Waals surface area contributed by atoms with Gasteiger partial charge in [-0.15, -0.1) is 0 Å². The van der Waals surface area contributed by atoms with Crippen molar-refractivity contribution in [2.45, 2.75) is 25.9 Å². The van der Waals surface area contributed by atoms with Crippen LogP contribution in [0.5, 0.6) is 0 Å². The van der Waals surface area contributed by atoms with Gasteiger partial charge < -0.3 is 10.6 Å². The molecule has 0 aliphatic carbocycles. The van der Waals surface area contributed by atoms with E-state index in [1.54, 1.807) is 6.20 Å². The number of anilines is 2. The number of nitrogens with zero attached hydrogens (tertiary/aromatic N) is 1. The number of hydrogen-bond acceptors (Lipinski definition) is 3. The van der Waals surface area contributed by atoms with Gasteiger partial charge in [0.25, 0.3) is 0 Å². The van der Waals surface area contributed by atoms with Gasteiger partial charge in [-0.05, 0) is 49.2 Å². The smallest absolute Gasteiger partial charge is 0.126 e. The second kappa shape index (κ2) is 7.64. The summed E-state index contributed by atoms with van der Waals surface area (Å²) in [4.78, 5) is 4.32. The molecule has 3 rings (SSSR count). The molecule has 1 heterocycles. The van der Waals surface area contributed by atoms with Gasteiger partial charge in [0.15, 0.2) is 0 Å². The van der Waals surface area contributed by atoms with E-state index in [1.165, 1.54) is 11.1 Å². The zero-order valence-electron chi connectivity index (χ0n) is 14.1. The molecule has 1 aromatic heterocycles. The van der Waals surface area contributed by atoms with Gasteiger partial charge in [-0.1, -0.05) is 48.5 Å². The summed E-state index contributed by atoms with van der Waals surface area (Å²) in [5.41, 5.74) is 3.66. The molecule has 2 atom stereocenters. The molecule has 0 amide bonds. The van der Waals surface area contributed by atoms with Crippen LogP contribution in [0.2, 0.25) is 0 Å². The number of rotatable bonds is 6. The Balaban J connectivity index is 1.64. The summed E-state index contributed by atoms with van der Waals surface area (Å²) in [5.74, 6) is 0.896. The summed E-state index contributed by atoms with van der Waals surface area (Å²) in [6.45, 7) is 4.33. The molecule has 0 fully saturated rings. The number of aromatic nitrogens is 1. The Labute approximate surface area is 143 Å². The maximum atomic E-state index is 4.32. The zero-order valence-corrected chi connectivity index (χ0v) is 14.1. The van der Waals surface area contributed by atoms with Crippen molar-refractivity contribution in [3.63, 3.8) is 0 Å². The molecule has 0 saturated carbocycles. The van der Waals surface area contributed by atoms with Gasteiger partial charge in [-0.2, -0.15) is 0 Å². The Bertz CT molecular complexity index is 673. The molecule has 3 aromatic rings. The largest absolute Gasteiger partial charge is 0.379 e. The molecule has 0 spiro atoms. The first-order chi connectivity index (χ1) is 11.7. The molecule has 24 heavy (non-hydrogen) atoms. The number of benzene rings is 2. The Morgan fingerprint density at radius 3 is 1.83 bits per heavy atom. The van der Waals surface area contributed by atoms with Gasteiger partial charge in [0, 0.05) is 24.0 Å². The quantitative estimate of drug-likeness (QED) is 0.636. The maximum Gasteiger partial charge on any atom is 0.126 e. The third kappa shape index (κ3) is 4.13. The lowest BCUT2D eigenvalue weighted by Gasteiger charge is -2.18. The average Bonchev–Trinajstić information content (AvgIpc) is 2.63. The van der Waals surface area contributed by atoms with Gasteiger partial charge >= 0.3 is 0 Å². The average molecular weight is 317 g/mol. The lowest BCUT2D eigenvalue weighted by atomic mass is 10.0. The molecule has 2 N–H and O–H groups in total. The summed E-state index contributed by atoms with van der Waals surface area (Å²) in [6, 6.07) is 25.4. The Morgan fingerprint density at radius 2 is 1.25 bits per heavy atom. The van der Waals surface area contributed by atoms with Gasteiger partial charge in [0.05, 0.1) is 0 Å². The highest BCUT2D eigenvalue weighted by atomic mass is 15.0. The van der Waals surface area contributed by atoms with Crippen molar-refractivity contribution in [3.8, 4) is 0 Å². The first-order valence-electron chi connectivity index (χ1n) is 8.31. The Morgan fingerprint density at radius 1 is 0.667 bits per heavy atom. The second-order valence-corrected chi connectivity index (χ2v) is 5.98. The molecular weight excluding hydrogens is 294 g/mol. The molecule has 0 aliphatic rings. The highest BCUT2D eigenvalue weighted by Gasteiger charge is 2.08. The van der Waals surface area contributed by atoms with Crippen LogP contribution in [-0.4, -0.2) is 4.98 Å². The highest BCUT2D eigenvalue weighted by Crippen LogP contribution is 2.22. The van der Waals surface area contributed by atoms with Crippen molar-refractivity contribution >= 4 is 11.5 Å². The topological polar surface area (TPSA) is 37.0 Å². The van der Waals surface area contributed by atoms with Crippen molar-refractivity contribution < 1.29 is 0 Å². The molecule has 0 bridgehead atoms. The van der Waals surface area contributed by atoms with E-state index in [0.717, 1.165) is 11.5 Å². The number of hydrogen-bond donors (Lipinski definition) is 2. The molecule has 2 aromatic carbocycles. The van der Waals surface area contributed by atoms with Crippen LogP contribution in [0.25, 0.3) is 0 Å². The molecule has 0 saturated heterocycles. The molecule has 0 aliphatic heterocycles. The van der Waals surface area contributed by atoms with Gasteiger partial charge in [0.1, 0.15) is 5.82 Å². The van der Waals surface area contributed by atoms with Crippen LogP contribution >= 0.6 is 0 Å². The molecule has 122 valence electrons. The fraction of sp³-hybridized carbons (Fsp3) is 0.190. The summed E-state index contributed by atoms with van der Waals surface area (Å²) in [6.07, 6.45) is 1.80. The van der Waals surface area contributed by atoms with Crippen LogP contribution in [0.1, 0.15) is 37.1 Å². The van der Waals surface area contributed by atoms with E-state index in [-0.39, 0.29) is 12.1 Å². The normalized spacial score (nSPS) is 13.1. The van der Waals surface area contributed by atoms with Crippen molar-refractivity contribution in [2.24, 2.45) is 0 Å². The zero-order chi connectivity index (χ0) is 16.8. The van der Waals surface area contributed by atoms with Gasteiger partial charge in [0.2, 0.25) is 0 Å². The van der Waals surface area contributed by atoms with E-state index in [1.807, 2.05) is 36.4 Å². The molecular formula is C21H23N3. The number of pyridine rings is 1. The van der Waals surface area contributed by atoms with Crippen LogP contribution in [-0.2, 0) is 0 Å². The third-order valence-corrected chi connectivity index (χ3v) is 4.12. The fourth-order valence-electron chi connectivity index (χ4n) is 2.69. The second-order valence-electron chi connectivity index (χ2n) is 5.98. The van der Waals surface area contributed by atoms with E-state index in [9.17, 15) is 0 Å². The highest BCUT2D eigenvalue weighted by molar-refractivity contribution is 5.45. The van der Waals surface area contributed by atoms with E-state index in [4.69, 9.17) is 0 Å². The van der Waals surface area contributed by atoms with E-state index < -0.39 is 0 Å². The minimum Gasteiger partial charge on any atom is -0.379 e. The molecule has 2 unspecified atom stereocenters. The van der Waals surface area contributed by atoms with Crippen LogP contribution in [0.15, 0.2) is 79.0 Å². The lowest BCUT2D eigenvalue weighted by molar-refractivity contribution is 0.857. The van der Waals surface area contributed by atoms with Crippen LogP contribution < -0.4 is 10.6 Å². The third-order valence-electron chi connectivity index (χ3n) is 4.12. The van der Waals surface area contributed by atoms with Crippen molar-refractivity contribution in [2.75, 3.05) is 10.6 Å². The van der Waals surface area contributed by atoms with Crippen LogP contribution in [0.3, 0.4) is 0 Å². The Hall–Kier alpha value is -2.81. The maximum absolute atomic E-state index is 4.32. The fourth-order valence-corrected chi connectivity index (χ4v) is 2.69. The van der Waals surface area contributed by atoms with Crippen molar-refractivity contribution in [3.05, 3.63) is 90.1 Å². The number of para-hydroxylation sites is 1. The summed E-state index contributed by atoms with van der Waals surface area (Å²) in [7, 11) is 0. The molecule has 3 nitrogen and oxygen atoms in total. The minimum absolute atomic E-state index is 0.214. The van der Waals surface area contributed by atoms with E-state index in [0.29, 0.717) is 0 Å². The molecule has 0 radical (unpaired) electrons. The SMILES string of the molecule is CC(Nc1ccccc1)c1ccc(C(C)Nc2ccccn2)cc1. The standard InChI is InChI=1S/C21H23N3/c1-16(23-20-8-4-3-5-9-20)18-11-13-19(14-12-18)17(2)24-21-10-6-7-15-22-21/h3-17,23H,1-2H3,(H,22,24). The van der Waals surface area contributed by atoms with E-state index in [2.05, 4.69) is 65.9 Å². The van der Waals surface area contributed by atoms with Gasteiger partial charge in [-0.3, -0.25) is 0 Å². The van der Waals surface area contributed by atoms with E-state index >= 15 is 0 Å². The van der Waals surface area contributed by atoms with Crippen LogP contribution in [0, 0.1) is 0 Å². The number of nitrogens with one attached hydrogen (secondary N) is 2. The predicted molar refractivity (Wildman–Crippen MR) is 101 cm³/mol. The van der Waals surface area contributed by atoms with Crippen molar-refractivity contribution in [1.29, 1.82) is 0 Å². The summed E-state index contributed by atoms with van der Waals surface area (Å²) in [5, 5.41) is 6.94. The minimum atomic E-state index is 0.214. The van der Waals surface area contributed by atoms with Crippen LogP contribution in [0.4, 0.5) is 11.5 Å². The van der Waals surface area contributed by atoms with Crippen molar-refractivity contribution in [1.82, 2.24) is 4.98 Å². The predicted octanol–water partition coefficient (Wildman–Crippen LogP) is 5.43. The summed E-state index contributed by atoms with van der Waals surface area (Å²) < 4.78 is 0.